The molecule has 0 saturated carbocycles. The molecule has 1 heterocycles. The first-order valence-corrected chi connectivity index (χ1v) is 13.8. The number of carbonyl (C=O) groups excluding carboxylic acids is 1. The van der Waals surface area contributed by atoms with Gasteiger partial charge in [0.05, 0.1) is 25.7 Å². The van der Waals surface area contributed by atoms with Gasteiger partial charge in [0.1, 0.15) is 11.0 Å². The van der Waals surface area contributed by atoms with Crippen LogP contribution in [0.25, 0.3) is 0 Å². The number of anilines is 1. The summed E-state index contributed by atoms with van der Waals surface area (Å²) in [5, 5.41) is 4.12. The van der Waals surface area contributed by atoms with E-state index in [0.29, 0.717) is 0 Å². The number of fused-ring (bicyclic) bond motifs is 2. The molecule has 3 aliphatic rings. The van der Waals surface area contributed by atoms with Crippen molar-refractivity contribution in [2.45, 2.75) is 92.0 Å². The second-order valence-corrected chi connectivity index (χ2v) is 9.95. The van der Waals surface area contributed by atoms with E-state index in [-0.39, 0.29) is 0 Å². The van der Waals surface area contributed by atoms with Crippen molar-refractivity contribution in [3.63, 3.8) is 0 Å². The largest absolute Gasteiger partial charge is 0.331 e. The molecule has 1 aromatic carbocycles. The number of benzene rings is 1. The third-order valence-corrected chi connectivity index (χ3v) is 8.17. The lowest BCUT2D eigenvalue weighted by Gasteiger charge is -2.36. The van der Waals surface area contributed by atoms with E-state index >= 15 is 0 Å². The normalized spacial score (nSPS) is 20.6. The van der Waals surface area contributed by atoms with E-state index in [9.17, 15) is 9.00 Å². The highest BCUT2D eigenvalue weighted by Crippen LogP contribution is 2.38. The average molecular weight is 463 g/mol. The zero-order valence-electron chi connectivity index (χ0n) is 20.9. The molecule has 180 valence electrons. The van der Waals surface area contributed by atoms with Crippen LogP contribution in [0.3, 0.4) is 0 Å². The number of rotatable bonds is 5. The van der Waals surface area contributed by atoms with E-state index in [1.54, 1.807) is 0 Å². The fourth-order valence-corrected chi connectivity index (χ4v) is 5.92. The summed E-state index contributed by atoms with van der Waals surface area (Å²) in [5.74, 6) is 0. The van der Waals surface area contributed by atoms with Crippen LogP contribution in [0.4, 0.5) is 10.5 Å². The highest BCUT2D eigenvalue weighted by molar-refractivity contribution is 7.86. The van der Waals surface area contributed by atoms with Crippen LogP contribution in [0.15, 0.2) is 18.1 Å². The molecular weight excluding hydrogens is 418 g/mol. The van der Waals surface area contributed by atoms with Crippen molar-refractivity contribution < 1.29 is 13.5 Å². The van der Waals surface area contributed by atoms with E-state index in [1.807, 2.05) is 13.8 Å². The van der Waals surface area contributed by atoms with Gasteiger partial charge in [-0.1, -0.05) is 26.5 Å². The minimum atomic E-state index is -1.53. The third kappa shape index (κ3) is 6.02. The van der Waals surface area contributed by atoms with E-state index in [2.05, 4.69) is 43.5 Å². The Bertz CT molecular complexity index is 786. The molecule has 0 spiro atoms. The van der Waals surface area contributed by atoms with E-state index < -0.39 is 17.0 Å². The van der Waals surface area contributed by atoms with Crippen molar-refractivity contribution >= 4 is 22.7 Å². The lowest BCUT2D eigenvalue weighted by Crippen LogP contribution is -2.49. The van der Waals surface area contributed by atoms with Gasteiger partial charge in [-0.25, -0.2) is 9.00 Å². The quantitative estimate of drug-likeness (QED) is 0.556. The molecule has 2 amide bonds. The first-order valence-electron chi connectivity index (χ1n) is 12.6. The summed E-state index contributed by atoms with van der Waals surface area (Å²) >= 11 is 0. The minimum Gasteiger partial charge on any atom is -0.322 e. The van der Waals surface area contributed by atoms with Gasteiger partial charge >= 0.3 is 6.03 Å². The lowest BCUT2D eigenvalue weighted by atomic mass is 9.99. The van der Waals surface area contributed by atoms with Crippen molar-refractivity contribution in [2.24, 2.45) is 0 Å². The van der Waals surface area contributed by atoms with Gasteiger partial charge in [-0.05, 0) is 81.5 Å². The number of quaternary nitrogens is 1. The maximum absolute atomic E-state index is 11.9. The molecular formula is C26H44N3O2S+. The lowest BCUT2D eigenvalue weighted by molar-refractivity contribution is -0.934. The van der Waals surface area contributed by atoms with Crippen LogP contribution in [0, 0.1) is 0 Å². The number of amides is 2. The van der Waals surface area contributed by atoms with Gasteiger partial charge in [0.2, 0.25) is 0 Å². The summed E-state index contributed by atoms with van der Waals surface area (Å²) < 4.78 is 15.0. The smallest absolute Gasteiger partial charge is 0.322 e. The van der Waals surface area contributed by atoms with Gasteiger partial charge in [0.25, 0.3) is 0 Å². The van der Waals surface area contributed by atoms with Gasteiger partial charge in [-0.15, -0.1) is 0 Å². The molecule has 1 saturated heterocycles. The number of urea groups is 1. The molecule has 2 unspecified atom stereocenters. The third-order valence-electron chi connectivity index (χ3n) is 7.48. The zero-order valence-corrected chi connectivity index (χ0v) is 21.7. The molecule has 2 aliphatic carbocycles. The second kappa shape index (κ2) is 12.5. The summed E-state index contributed by atoms with van der Waals surface area (Å²) in [4.78, 5) is 11.9. The van der Waals surface area contributed by atoms with Crippen LogP contribution in [0.1, 0.15) is 82.6 Å². The maximum Gasteiger partial charge on any atom is 0.331 e. The van der Waals surface area contributed by atoms with Crippen LogP contribution in [0.2, 0.25) is 0 Å². The Kier molecular flexibility index (Phi) is 10.4. The molecule has 6 heteroatoms. The summed E-state index contributed by atoms with van der Waals surface area (Å²) in [5.41, 5.74) is 6.23. The summed E-state index contributed by atoms with van der Waals surface area (Å²) in [6.07, 6.45) is 9.41. The number of nitrogens with zero attached hydrogens (tertiary/aromatic N) is 1. The van der Waals surface area contributed by atoms with Gasteiger partial charge in [-0.2, -0.15) is 0 Å². The van der Waals surface area contributed by atoms with Crippen LogP contribution < -0.4 is 10.0 Å². The van der Waals surface area contributed by atoms with Crippen LogP contribution >= 0.6 is 0 Å². The molecule has 4 rings (SSSR count). The summed E-state index contributed by atoms with van der Waals surface area (Å²) in [7, 11) is -1.53. The van der Waals surface area contributed by atoms with E-state index in [1.165, 1.54) is 64.6 Å². The van der Waals surface area contributed by atoms with Crippen molar-refractivity contribution in [3.8, 4) is 0 Å². The molecule has 32 heavy (non-hydrogen) atoms. The Balaban J connectivity index is 0.000000255. The Morgan fingerprint density at radius 1 is 1.09 bits per heavy atom. The molecule has 0 bridgehead atoms. The second-order valence-electron chi connectivity index (χ2n) is 8.82. The van der Waals surface area contributed by atoms with Crippen molar-refractivity contribution in [2.75, 3.05) is 25.0 Å². The predicted molar refractivity (Wildman–Crippen MR) is 137 cm³/mol. The Morgan fingerprint density at radius 3 is 2.06 bits per heavy atom. The number of aryl methyl sites for hydroxylation is 2. The maximum atomic E-state index is 11.9. The minimum absolute atomic E-state index is 0.419. The molecule has 5 nitrogen and oxygen atoms in total. The molecule has 1 fully saturated rings. The SMILES string of the molecule is C=CS(=O)NC(=O)Nc1c2c(cc3c1CCC3)CCC2.CC.CC[N+]1(CC)CCCC1C. The fourth-order valence-electron chi connectivity index (χ4n) is 5.60. The van der Waals surface area contributed by atoms with Gasteiger partial charge in [0, 0.05) is 23.9 Å². The first-order chi connectivity index (χ1) is 15.4. The number of hydrogen-bond acceptors (Lipinski definition) is 2. The molecule has 2 N–H and O–H groups in total. The molecule has 0 radical (unpaired) electrons. The highest BCUT2D eigenvalue weighted by Gasteiger charge is 2.35. The molecule has 2 atom stereocenters. The average Bonchev–Trinajstić information content (AvgIpc) is 3.55. The van der Waals surface area contributed by atoms with Crippen LogP contribution in [-0.4, -0.2) is 40.4 Å². The van der Waals surface area contributed by atoms with E-state index in [0.717, 1.165) is 50.3 Å². The standard InChI is InChI=1S/C15H18N2O2S.C9H20N.C2H6/c1-2-20(19)17-15(18)16-14-12-7-3-5-10(12)9-11-6-4-8-13(11)14;1-4-10(5-2)8-6-7-9(10)3;1-2/h2,9H,1,3-8H2,(H2,16,17,18);9H,4-8H2,1-3H3;1-2H3/q;+1;. The first kappa shape index (κ1) is 26.6. The van der Waals surface area contributed by atoms with Gasteiger partial charge in [-0.3, -0.25) is 4.72 Å². The fraction of sp³-hybridized carbons (Fsp3) is 0.654. The summed E-state index contributed by atoms with van der Waals surface area (Å²) in [6.45, 7) is 18.5. The number of carbonyl (C=O) groups is 1. The molecule has 0 aromatic heterocycles. The predicted octanol–water partition coefficient (Wildman–Crippen LogP) is 5.64. The van der Waals surface area contributed by atoms with Crippen LogP contribution in [0.5, 0.6) is 0 Å². The summed E-state index contributed by atoms with van der Waals surface area (Å²) in [6, 6.07) is 2.82. The van der Waals surface area contributed by atoms with Gasteiger partial charge < -0.3 is 9.80 Å². The van der Waals surface area contributed by atoms with Gasteiger partial charge in [0.15, 0.2) is 0 Å². The van der Waals surface area contributed by atoms with Crippen LogP contribution in [-0.2, 0) is 36.7 Å². The highest BCUT2D eigenvalue weighted by atomic mass is 32.2. The Hall–Kier alpha value is -1.66. The Morgan fingerprint density at radius 2 is 1.66 bits per heavy atom. The number of hydrogen-bond donors (Lipinski definition) is 2. The van der Waals surface area contributed by atoms with Crippen molar-refractivity contribution in [1.82, 2.24) is 4.72 Å². The monoisotopic (exact) mass is 462 g/mol. The molecule has 1 aliphatic heterocycles. The van der Waals surface area contributed by atoms with Crippen molar-refractivity contribution in [3.05, 3.63) is 40.3 Å². The number of likely N-dealkylation sites (tertiary alicyclic amines) is 1. The number of nitrogens with one attached hydrogen (secondary N) is 2. The zero-order chi connectivity index (χ0) is 23.7. The Labute approximate surface area is 198 Å². The topological polar surface area (TPSA) is 58.2 Å². The van der Waals surface area contributed by atoms with Crippen molar-refractivity contribution in [1.29, 1.82) is 0 Å². The molecule has 1 aromatic rings. The van der Waals surface area contributed by atoms with E-state index in [4.69, 9.17) is 0 Å².